The van der Waals surface area contributed by atoms with Gasteiger partial charge in [0.05, 0.1) is 6.42 Å². The lowest BCUT2D eigenvalue weighted by atomic mass is 9.72. The smallest absolute Gasteiger partial charge is 0.304 e. The topological polar surface area (TPSA) is 75.4 Å². The molecule has 1 aliphatic rings. The van der Waals surface area contributed by atoms with Gasteiger partial charge in [-0.05, 0) is 18.1 Å². The Labute approximate surface area is 94.5 Å². The molecule has 4 N–H and O–H groups in total. The lowest BCUT2D eigenvalue weighted by Gasteiger charge is -2.37. The third-order valence-electron chi connectivity index (χ3n) is 3.30. The van der Waals surface area contributed by atoms with E-state index in [0.717, 1.165) is 24.2 Å². The van der Waals surface area contributed by atoms with Crippen molar-refractivity contribution in [3.63, 3.8) is 0 Å². The zero-order chi connectivity index (χ0) is 11.6. The molecule has 0 radical (unpaired) electrons. The summed E-state index contributed by atoms with van der Waals surface area (Å²) in [6, 6.07) is 7.81. The van der Waals surface area contributed by atoms with Gasteiger partial charge in [0.2, 0.25) is 0 Å². The Bertz CT molecular complexity index is 406. The van der Waals surface area contributed by atoms with Crippen LogP contribution in [0.15, 0.2) is 24.3 Å². The lowest BCUT2D eigenvalue weighted by Crippen LogP contribution is -2.42. The Balaban J connectivity index is 2.44. The zero-order valence-electron chi connectivity index (χ0n) is 9.07. The van der Waals surface area contributed by atoms with E-state index in [-0.39, 0.29) is 6.42 Å². The summed E-state index contributed by atoms with van der Waals surface area (Å²) in [5.74, 6) is -0.790. The van der Waals surface area contributed by atoms with Crippen molar-refractivity contribution >= 4 is 11.7 Å². The number of carboxylic acids is 1. The highest BCUT2D eigenvalue weighted by molar-refractivity contribution is 5.71. The van der Waals surface area contributed by atoms with Crippen LogP contribution < -0.4 is 11.1 Å². The maximum absolute atomic E-state index is 11.0. The maximum Gasteiger partial charge on any atom is 0.304 e. The number of para-hydroxylation sites is 1. The molecular weight excluding hydrogens is 204 g/mol. The summed E-state index contributed by atoms with van der Waals surface area (Å²) in [5.41, 5.74) is 7.45. The van der Waals surface area contributed by atoms with E-state index in [2.05, 4.69) is 5.32 Å². The number of carbonyl (C=O) groups is 1. The number of fused-ring (bicyclic) bond motifs is 1. The highest BCUT2D eigenvalue weighted by Crippen LogP contribution is 2.38. The van der Waals surface area contributed by atoms with Gasteiger partial charge in [0.1, 0.15) is 0 Å². The molecule has 1 atom stereocenters. The van der Waals surface area contributed by atoms with Gasteiger partial charge in [-0.1, -0.05) is 18.2 Å². The molecule has 0 aliphatic carbocycles. The van der Waals surface area contributed by atoms with Crippen molar-refractivity contribution in [2.75, 3.05) is 18.4 Å². The van der Waals surface area contributed by atoms with E-state index in [1.54, 1.807) is 0 Å². The van der Waals surface area contributed by atoms with Crippen molar-refractivity contribution < 1.29 is 9.90 Å². The van der Waals surface area contributed by atoms with Gasteiger partial charge in [0.15, 0.2) is 0 Å². The maximum atomic E-state index is 11.0. The molecule has 0 fully saturated rings. The molecule has 0 bridgehead atoms. The van der Waals surface area contributed by atoms with Gasteiger partial charge >= 0.3 is 5.97 Å². The highest BCUT2D eigenvalue weighted by atomic mass is 16.4. The van der Waals surface area contributed by atoms with Crippen molar-refractivity contribution in [2.24, 2.45) is 5.73 Å². The predicted molar refractivity (Wildman–Crippen MR) is 62.5 cm³/mol. The van der Waals surface area contributed by atoms with Gasteiger partial charge in [-0.15, -0.1) is 0 Å². The van der Waals surface area contributed by atoms with E-state index >= 15 is 0 Å². The first-order valence-corrected chi connectivity index (χ1v) is 5.43. The highest BCUT2D eigenvalue weighted by Gasteiger charge is 2.37. The Morgan fingerprint density at radius 1 is 1.50 bits per heavy atom. The molecule has 1 aromatic rings. The number of nitrogens with two attached hydrogens (primary N) is 1. The largest absolute Gasteiger partial charge is 0.481 e. The van der Waals surface area contributed by atoms with Gasteiger partial charge in [-0.25, -0.2) is 0 Å². The summed E-state index contributed by atoms with van der Waals surface area (Å²) in [6.07, 6.45) is 0.870. The second-order valence-corrected chi connectivity index (χ2v) is 4.28. The van der Waals surface area contributed by atoms with Crippen molar-refractivity contribution in [3.8, 4) is 0 Å². The molecule has 0 aromatic heterocycles. The number of nitrogens with one attached hydrogen (secondary N) is 1. The molecule has 0 saturated heterocycles. The molecule has 86 valence electrons. The van der Waals surface area contributed by atoms with Crippen LogP contribution in [0.5, 0.6) is 0 Å². The average Bonchev–Trinajstić information content (AvgIpc) is 2.29. The molecule has 1 heterocycles. The Hall–Kier alpha value is -1.55. The number of hydrogen-bond acceptors (Lipinski definition) is 3. The van der Waals surface area contributed by atoms with Crippen LogP contribution >= 0.6 is 0 Å². The van der Waals surface area contributed by atoms with Crippen LogP contribution in [0.2, 0.25) is 0 Å². The van der Waals surface area contributed by atoms with Crippen LogP contribution in [0.25, 0.3) is 0 Å². The van der Waals surface area contributed by atoms with E-state index < -0.39 is 11.4 Å². The van der Waals surface area contributed by atoms with Crippen LogP contribution in [0.1, 0.15) is 18.4 Å². The Morgan fingerprint density at radius 3 is 2.94 bits per heavy atom. The van der Waals surface area contributed by atoms with Crippen molar-refractivity contribution in [2.45, 2.75) is 18.3 Å². The van der Waals surface area contributed by atoms with Gasteiger partial charge in [-0.3, -0.25) is 4.79 Å². The van der Waals surface area contributed by atoms with Crippen LogP contribution in [-0.4, -0.2) is 24.2 Å². The number of carboxylic acid groups (broad SMARTS) is 1. The van der Waals surface area contributed by atoms with Crippen LogP contribution in [0, 0.1) is 0 Å². The third kappa shape index (κ3) is 1.76. The fourth-order valence-electron chi connectivity index (χ4n) is 2.43. The molecule has 0 amide bonds. The molecule has 1 unspecified atom stereocenters. The molecule has 2 rings (SSSR count). The monoisotopic (exact) mass is 220 g/mol. The standard InChI is InChI=1S/C12H16N2O2/c13-8-12(7-11(15)16)5-6-14-10-4-2-1-3-9(10)12/h1-4,14H,5-8,13H2,(H,15,16). The summed E-state index contributed by atoms with van der Waals surface area (Å²) in [7, 11) is 0. The fraction of sp³-hybridized carbons (Fsp3) is 0.417. The van der Waals surface area contributed by atoms with Crippen LogP contribution in [0.3, 0.4) is 0 Å². The molecule has 16 heavy (non-hydrogen) atoms. The van der Waals surface area contributed by atoms with E-state index in [1.807, 2.05) is 24.3 Å². The van der Waals surface area contributed by atoms with E-state index in [9.17, 15) is 4.79 Å². The number of anilines is 1. The Kier molecular flexibility index (Phi) is 2.83. The molecule has 4 nitrogen and oxygen atoms in total. The summed E-state index contributed by atoms with van der Waals surface area (Å²) < 4.78 is 0. The molecule has 1 aliphatic heterocycles. The molecule has 0 saturated carbocycles. The fourth-order valence-corrected chi connectivity index (χ4v) is 2.43. The van der Waals surface area contributed by atoms with Crippen LogP contribution in [-0.2, 0) is 10.2 Å². The van der Waals surface area contributed by atoms with Gasteiger partial charge in [-0.2, -0.15) is 0 Å². The number of benzene rings is 1. The quantitative estimate of drug-likeness (QED) is 0.715. The first kappa shape index (κ1) is 11.0. The van der Waals surface area contributed by atoms with Gasteiger partial charge in [0.25, 0.3) is 0 Å². The molecule has 4 heteroatoms. The van der Waals surface area contributed by atoms with Crippen molar-refractivity contribution in [3.05, 3.63) is 29.8 Å². The van der Waals surface area contributed by atoms with Crippen molar-refractivity contribution in [1.29, 1.82) is 0 Å². The Morgan fingerprint density at radius 2 is 2.25 bits per heavy atom. The predicted octanol–water partition coefficient (Wildman–Crippen LogP) is 1.17. The third-order valence-corrected chi connectivity index (χ3v) is 3.30. The summed E-state index contributed by atoms with van der Waals surface area (Å²) >= 11 is 0. The number of rotatable bonds is 3. The number of hydrogen-bond donors (Lipinski definition) is 3. The minimum atomic E-state index is -0.790. The van der Waals surface area contributed by atoms with E-state index in [0.29, 0.717) is 6.54 Å². The minimum Gasteiger partial charge on any atom is -0.481 e. The van der Waals surface area contributed by atoms with Crippen LogP contribution in [0.4, 0.5) is 5.69 Å². The van der Waals surface area contributed by atoms with Gasteiger partial charge in [0, 0.05) is 24.2 Å². The second kappa shape index (κ2) is 4.14. The van der Waals surface area contributed by atoms with Crippen molar-refractivity contribution in [1.82, 2.24) is 0 Å². The first-order valence-electron chi connectivity index (χ1n) is 5.43. The average molecular weight is 220 g/mol. The minimum absolute atomic E-state index is 0.0994. The molecule has 1 aromatic carbocycles. The summed E-state index contributed by atoms with van der Waals surface area (Å²) in [6.45, 7) is 1.15. The summed E-state index contributed by atoms with van der Waals surface area (Å²) in [5, 5.41) is 12.3. The number of aliphatic carboxylic acids is 1. The molecule has 0 spiro atoms. The van der Waals surface area contributed by atoms with E-state index in [4.69, 9.17) is 10.8 Å². The second-order valence-electron chi connectivity index (χ2n) is 4.28. The first-order chi connectivity index (χ1) is 7.68. The lowest BCUT2D eigenvalue weighted by molar-refractivity contribution is -0.138. The SMILES string of the molecule is NCC1(CC(=O)O)CCNc2ccccc21. The summed E-state index contributed by atoms with van der Waals surface area (Å²) in [4.78, 5) is 11.0. The van der Waals surface area contributed by atoms with Gasteiger partial charge < -0.3 is 16.2 Å². The normalized spacial score (nSPS) is 23.3. The van der Waals surface area contributed by atoms with E-state index in [1.165, 1.54) is 0 Å². The molecular formula is C12H16N2O2. The zero-order valence-corrected chi connectivity index (χ0v) is 9.07.